The summed E-state index contributed by atoms with van der Waals surface area (Å²) in [6.45, 7) is 4.97. The molecule has 1 N–H and O–H groups in total. The first-order chi connectivity index (χ1) is 9.60. The number of aliphatic hydroxyl groups excluding tert-OH is 1. The molecular weight excluding hydrogens is 254 g/mol. The SMILES string of the molecule is COc1ccc(C(C)N2CC(C(C)O)CC3OC32)cc1. The highest BCUT2D eigenvalue weighted by Gasteiger charge is 2.51. The summed E-state index contributed by atoms with van der Waals surface area (Å²) >= 11 is 0. The zero-order valence-corrected chi connectivity index (χ0v) is 12.3. The molecule has 3 rings (SSSR count). The number of rotatable bonds is 4. The molecule has 4 heteroatoms. The fraction of sp³-hybridized carbons (Fsp3) is 0.625. The Morgan fingerprint density at radius 2 is 2.00 bits per heavy atom. The number of aliphatic hydroxyl groups is 1. The molecule has 0 aromatic heterocycles. The fourth-order valence-corrected chi connectivity index (χ4v) is 3.15. The molecule has 1 aromatic carbocycles. The van der Waals surface area contributed by atoms with Crippen LogP contribution in [-0.2, 0) is 4.74 Å². The summed E-state index contributed by atoms with van der Waals surface area (Å²) in [5.41, 5.74) is 1.26. The number of likely N-dealkylation sites (tertiary alicyclic amines) is 1. The molecule has 5 atom stereocenters. The highest BCUT2D eigenvalue weighted by molar-refractivity contribution is 5.29. The van der Waals surface area contributed by atoms with Gasteiger partial charge in [0.25, 0.3) is 0 Å². The van der Waals surface area contributed by atoms with E-state index in [0.29, 0.717) is 12.0 Å². The lowest BCUT2D eigenvalue weighted by Gasteiger charge is -2.35. The second-order valence-corrected chi connectivity index (χ2v) is 5.95. The average Bonchev–Trinajstić information content (AvgIpc) is 3.24. The van der Waals surface area contributed by atoms with E-state index in [9.17, 15) is 5.11 Å². The van der Waals surface area contributed by atoms with E-state index in [2.05, 4.69) is 24.0 Å². The Bertz CT molecular complexity index is 459. The van der Waals surface area contributed by atoms with E-state index < -0.39 is 0 Å². The van der Waals surface area contributed by atoms with Crippen molar-refractivity contribution in [2.24, 2.45) is 5.92 Å². The molecule has 110 valence electrons. The molecule has 1 aromatic rings. The van der Waals surface area contributed by atoms with Gasteiger partial charge in [0.1, 0.15) is 12.0 Å². The normalized spacial score (nSPS) is 32.3. The Hall–Kier alpha value is -1.10. The second kappa shape index (κ2) is 5.35. The number of hydrogen-bond donors (Lipinski definition) is 1. The van der Waals surface area contributed by atoms with Crippen molar-refractivity contribution in [3.8, 4) is 5.75 Å². The molecule has 2 aliphatic rings. The van der Waals surface area contributed by atoms with E-state index in [0.717, 1.165) is 18.7 Å². The molecule has 2 aliphatic heterocycles. The van der Waals surface area contributed by atoms with E-state index in [1.54, 1.807) is 7.11 Å². The summed E-state index contributed by atoms with van der Waals surface area (Å²) in [6.07, 6.45) is 1.26. The van der Waals surface area contributed by atoms with Gasteiger partial charge >= 0.3 is 0 Å². The first kappa shape index (κ1) is 13.9. The van der Waals surface area contributed by atoms with Gasteiger partial charge in [-0.3, -0.25) is 4.90 Å². The van der Waals surface area contributed by atoms with Crippen molar-refractivity contribution in [1.82, 2.24) is 4.90 Å². The molecular formula is C16H23NO3. The maximum Gasteiger partial charge on any atom is 0.138 e. The third-order valence-corrected chi connectivity index (χ3v) is 4.64. The van der Waals surface area contributed by atoms with E-state index in [1.165, 1.54) is 5.56 Å². The van der Waals surface area contributed by atoms with E-state index >= 15 is 0 Å². The van der Waals surface area contributed by atoms with Crippen LogP contribution in [0.1, 0.15) is 31.9 Å². The second-order valence-electron chi connectivity index (χ2n) is 5.95. The van der Waals surface area contributed by atoms with Gasteiger partial charge in [-0.25, -0.2) is 0 Å². The van der Waals surface area contributed by atoms with Gasteiger partial charge in [0.05, 0.1) is 19.3 Å². The van der Waals surface area contributed by atoms with E-state index in [1.807, 2.05) is 19.1 Å². The maximum absolute atomic E-state index is 9.85. The summed E-state index contributed by atoms with van der Waals surface area (Å²) in [4.78, 5) is 2.37. The molecule has 4 nitrogen and oxygen atoms in total. The van der Waals surface area contributed by atoms with Gasteiger partial charge in [0.15, 0.2) is 0 Å². The molecule has 0 radical (unpaired) electrons. The lowest BCUT2D eigenvalue weighted by atomic mass is 9.91. The predicted molar refractivity (Wildman–Crippen MR) is 76.6 cm³/mol. The van der Waals surface area contributed by atoms with Crippen LogP contribution < -0.4 is 4.74 Å². The number of epoxide rings is 1. The number of nitrogens with zero attached hydrogens (tertiary/aromatic N) is 1. The average molecular weight is 277 g/mol. The van der Waals surface area contributed by atoms with Crippen LogP contribution in [0, 0.1) is 5.92 Å². The Labute approximate surface area is 120 Å². The fourth-order valence-electron chi connectivity index (χ4n) is 3.15. The van der Waals surface area contributed by atoms with Crippen molar-refractivity contribution in [2.45, 2.75) is 44.7 Å². The summed E-state index contributed by atoms with van der Waals surface area (Å²) in [7, 11) is 1.68. The minimum absolute atomic E-state index is 0.238. The lowest BCUT2D eigenvalue weighted by Crippen LogP contribution is -2.43. The van der Waals surface area contributed by atoms with Crippen LogP contribution in [0.4, 0.5) is 0 Å². The molecule has 0 bridgehead atoms. The number of ether oxygens (including phenoxy) is 2. The zero-order chi connectivity index (χ0) is 14.3. The minimum atomic E-state index is -0.272. The Balaban J connectivity index is 1.73. The molecule has 0 saturated carbocycles. The molecule has 0 aliphatic carbocycles. The molecule has 2 saturated heterocycles. The first-order valence-electron chi connectivity index (χ1n) is 7.33. The standard InChI is InChI=1S/C16H23NO3/c1-10(12-4-6-14(19-3)7-5-12)17-9-13(11(2)18)8-15-16(17)20-15/h4-7,10-11,13,15-16,18H,8-9H2,1-3H3. The van der Waals surface area contributed by atoms with Crippen LogP contribution in [0.2, 0.25) is 0 Å². The third kappa shape index (κ3) is 2.55. The van der Waals surface area contributed by atoms with E-state index in [4.69, 9.17) is 9.47 Å². The van der Waals surface area contributed by atoms with Crippen molar-refractivity contribution < 1.29 is 14.6 Å². The van der Waals surface area contributed by atoms with Crippen molar-refractivity contribution in [2.75, 3.05) is 13.7 Å². The topological polar surface area (TPSA) is 45.2 Å². The van der Waals surface area contributed by atoms with Gasteiger partial charge in [-0.15, -0.1) is 0 Å². The Kier molecular flexibility index (Phi) is 3.71. The van der Waals surface area contributed by atoms with Crippen molar-refractivity contribution in [1.29, 1.82) is 0 Å². The third-order valence-electron chi connectivity index (χ3n) is 4.64. The Morgan fingerprint density at radius 1 is 1.30 bits per heavy atom. The molecule has 20 heavy (non-hydrogen) atoms. The van der Waals surface area contributed by atoms with Gasteiger partial charge < -0.3 is 14.6 Å². The van der Waals surface area contributed by atoms with Crippen LogP contribution in [-0.4, -0.2) is 42.1 Å². The van der Waals surface area contributed by atoms with Crippen LogP contribution in [0.25, 0.3) is 0 Å². The smallest absolute Gasteiger partial charge is 0.138 e. The highest BCUT2D eigenvalue weighted by atomic mass is 16.6. The highest BCUT2D eigenvalue weighted by Crippen LogP contribution is 2.42. The minimum Gasteiger partial charge on any atom is -0.497 e. The molecule has 5 unspecified atom stereocenters. The predicted octanol–water partition coefficient (Wildman–Crippen LogP) is 2.18. The number of piperidine rings is 1. The van der Waals surface area contributed by atoms with Crippen LogP contribution in [0.3, 0.4) is 0 Å². The van der Waals surface area contributed by atoms with Gasteiger partial charge in [0, 0.05) is 12.6 Å². The molecule has 2 heterocycles. The molecule has 0 spiro atoms. The number of hydrogen-bond acceptors (Lipinski definition) is 4. The summed E-state index contributed by atoms with van der Waals surface area (Å²) < 4.78 is 10.9. The largest absolute Gasteiger partial charge is 0.497 e. The number of methoxy groups -OCH3 is 1. The van der Waals surface area contributed by atoms with Gasteiger partial charge in [0.2, 0.25) is 0 Å². The monoisotopic (exact) mass is 277 g/mol. The van der Waals surface area contributed by atoms with Gasteiger partial charge in [-0.1, -0.05) is 12.1 Å². The zero-order valence-electron chi connectivity index (χ0n) is 12.3. The number of benzene rings is 1. The molecule has 2 fully saturated rings. The van der Waals surface area contributed by atoms with Crippen LogP contribution in [0.15, 0.2) is 24.3 Å². The van der Waals surface area contributed by atoms with Crippen molar-refractivity contribution >= 4 is 0 Å². The first-order valence-corrected chi connectivity index (χ1v) is 7.33. The Morgan fingerprint density at radius 3 is 2.60 bits per heavy atom. The molecule has 0 amide bonds. The lowest BCUT2D eigenvalue weighted by molar-refractivity contribution is 0.0452. The van der Waals surface area contributed by atoms with Crippen LogP contribution >= 0.6 is 0 Å². The van der Waals surface area contributed by atoms with Gasteiger partial charge in [-0.05, 0) is 43.9 Å². The van der Waals surface area contributed by atoms with Crippen molar-refractivity contribution in [3.63, 3.8) is 0 Å². The number of fused-ring (bicyclic) bond motifs is 1. The van der Waals surface area contributed by atoms with Gasteiger partial charge in [-0.2, -0.15) is 0 Å². The summed E-state index contributed by atoms with van der Waals surface area (Å²) in [5, 5.41) is 9.85. The summed E-state index contributed by atoms with van der Waals surface area (Å²) in [6, 6.07) is 8.48. The quantitative estimate of drug-likeness (QED) is 0.857. The summed E-state index contributed by atoms with van der Waals surface area (Å²) in [5.74, 6) is 1.18. The van der Waals surface area contributed by atoms with Crippen molar-refractivity contribution in [3.05, 3.63) is 29.8 Å². The maximum atomic E-state index is 9.85. The van der Waals surface area contributed by atoms with E-state index in [-0.39, 0.29) is 18.4 Å². The van der Waals surface area contributed by atoms with Crippen LogP contribution in [0.5, 0.6) is 5.75 Å².